The van der Waals surface area contributed by atoms with Gasteiger partial charge < -0.3 is 35.4 Å². The molecular formula is C46H60N8O7. The Labute approximate surface area is 358 Å². The SMILES string of the molecule is COC(=O)N[C@H](C(=O)NN(Cc1ccc(-c2ccccn2)cc1)C[C@H](O)[C@H](Cc1ccccc1)NC(=O)[C@@H](N1CCN(Cc2cccc(CO)n2)C1=O)C(C)(C)C)C(C)(C)C. The Morgan fingerprint density at radius 2 is 1.51 bits per heavy atom. The summed E-state index contributed by atoms with van der Waals surface area (Å²) in [6.45, 7) is 11.8. The molecule has 15 heteroatoms. The van der Waals surface area contributed by atoms with E-state index in [0.717, 1.165) is 22.4 Å². The van der Waals surface area contributed by atoms with Gasteiger partial charge in [0.25, 0.3) is 5.91 Å². The number of ether oxygens (including phenoxy) is 1. The molecule has 5 amide bonds. The van der Waals surface area contributed by atoms with Crippen molar-refractivity contribution in [2.45, 2.75) is 91.9 Å². The number of carbonyl (C=O) groups is 4. The molecule has 2 aromatic heterocycles. The molecule has 3 heterocycles. The molecule has 5 N–H and O–H groups in total. The number of aliphatic hydroxyl groups excluding tert-OH is 2. The highest BCUT2D eigenvalue weighted by molar-refractivity contribution is 5.89. The first-order valence-corrected chi connectivity index (χ1v) is 20.5. The fourth-order valence-corrected chi connectivity index (χ4v) is 7.41. The van der Waals surface area contributed by atoms with Gasteiger partial charge in [-0.15, -0.1) is 0 Å². The fourth-order valence-electron chi connectivity index (χ4n) is 7.41. The molecule has 0 spiro atoms. The van der Waals surface area contributed by atoms with Gasteiger partial charge in [0, 0.05) is 37.9 Å². The number of hydrogen-bond acceptors (Lipinski definition) is 10. The van der Waals surface area contributed by atoms with E-state index >= 15 is 0 Å². The zero-order valence-corrected chi connectivity index (χ0v) is 36.2. The number of amides is 5. The lowest BCUT2D eigenvalue weighted by atomic mass is 9.84. The molecule has 326 valence electrons. The number of carbonyl (C=O) groups excluding carboxylic acids is 4. The predicted molar refractivity (Wildman–Crippen MR) is 231 cm³/mol. The van der Waals surface area contributed by atoms with Crippen LogP contribution in [0.4, 0.5) is 9.59 Å². The predicted octanol–water partition coefficient (Wildman–Crippen LogP) is 4.68. The van der Waals surface area contributed by atoms with Crippen LogP contribution in [-0.2, 0) is 40.4 Å². The van der Waals surface area contributed by atoms with Crippen LogP contribution in [0.5, 0.6) is 0 Å². The molecule has 61 heavy (non-hydrogen) atoms. The fraction of sp³-hybridized carbons (Fsp3) is 0.435. The van der Waals surface area contributed by atoms with Crippen LogP contribution in [0.25, 0.3) is 11.3 Å². The number of hydrazine groups is 1. The highest BCUT2D eigenvalue weighted by Crippen LogP contribution is 2.29. The molecule has 2 aromatic carbocycles. The Morgan fingerprint density at radius 1 is 0.820 bits per heavy atom. The molecule has 5 rings (SSSR count). The highest BCUT2D eigenvalue weighted by Gasteiger charge is 2.44. The summed E-state index contributed by atoms with van der Waals surface area (Å²) in [7, 11) is 1.22. The van der Waals surface area contributed by atoms with Crippen LogP contribution in [0.15, 0.2) is 97.2 Å². The van der Waals surface area contributed by atoms with E-state index in [1.807, 2.05) is 114 Å². The number of aromatic nitrogens is 2. The molecule has 1 aliphatic heterocycles. The maximum Gasteiger partial charge on any atom is 0.407 e. The summed E-state index contributed by atoms with van der Waals surface area (Å²) in [5.41, 5.74) is 6.02. The minimum absolute atomic E-state index is 0.128. The number of pyridine rings is 2. The Kier molecular flexibility index (Phi) is 15.6. The van der Waals surface area contributed by atoms with E-state index in [1.165, 1.54) is 7.11 Å². The lowest BCUT2D eigenvalue weighted by Gasteiger charge is -2.38. The van der Waals surface area contributed by atoms with E-state index in [0.29, 0.717) is 24.5 Å². The molecule has 0 saturated carbocycles. The number of hydrogen-bond donors (Lipinski definition) is 5. The first-order chi connectivity index (χ1) is 29.0. The van der Waals surface area contributed by atoms with Gasteiger partial charge in [0.05, 0.1) is 49.5 Å². The van der Waals surface area contributed by atoms with Gasteiger partial charge in [-0.25, -0.2) is 14.6 Å². The lowest BCUT2D eigenvalue weighted by Crippen LogP contribution is -2.61. The van der Waals surface area contributed by atoms with E-state index in [1.54, 1.807) is 39.2 Å². The Balaban J connectivity index is 1.41. The second-order valence-corrected chi connectivity index (χ2v) is 17.5. The highest BCUT2D eigenvalue weighted by atomic mass is 16.5. The first kappa shape index (κ1) is 46.2. The van der Waals surface area contributed by atoms with Gasteiger partial charge in [-0.1, -0.05) is 108 Å². The molecule has 4 atom stereocenters. The normalized spacial score (nSPS) is 15.2. The second kappa shape index (κ2) is 20.6. The summed E-state index contributed by atoms with van der Waals surface area (Å²) in [5, 5.41) is 29.1. The summed E-state index contributed by atoms with van der Waals surface area (Å²) in [5.74, 6) is -0.958. The third kappa shape index (κ3) is 12.8. The van der Waals surface area contributed by atoms with Gasteiger partial charge in [0.15, 0.2) is 0 Å². The monoisotopic (exact) mass is 836 g/mol. The second-order valence-electron chi connectivity index (χ2n) is 17.5. The molecule has 0 radical (unpaired) electrons. The van der Waals surface area contributed by atoms with Crippen LogP contribution in [0.2, 0.25) is 0 Å². The molecule has 1 aliphatic rings. The van der Waals surface area contributed by atoms with Gasteiger partial charge >= 0.3 is 12.1 Å². The van der Waals surface area contributed by atoms with Crippen molar-refractivity contribution in [1.82, 2.24) is 40.8 Å². The average Bonchev–Trinajstić information content (AvgIpc) is 3.57. The summed E-state index contributed by atoms with van der Waals surface area (Å²) in [6.07, 6.45) is -0.0412. The standard InChI is InChI=1S/C46H60N8O7/c1-45(2,3)39(50-43(59)61-7)41(57)51-53(27-32-19-21-33(22-20-32)36-18-11-12-23-47-36)29-38(56)37(26-31-14-9-8-10-15-31)49-42(58)40(46(4,5)6)54-25-24-52(44(54)60)28-34-16-13-17-35(30-55)48-34/h8-23,37-40,55-56H,24-30H2,1-7H3,(H,49,58)(H,50,59)(H,51,57)/t37-,38-,39+,40+/m0/s1. The van der Waals surface area contributed by atoms with Crippen molar-refractivity contribution in [3.63, 3.8) is 0 Å². The largest absolute Gasteiger partial charge is 0.453 e. The van der Waals surface area contributed by atoms with E-state index < -0.39 is 53.0 Å². The zero-order chi connectivity index (χ0) is 44.3. The summed E-state index contributed by atoms with van der Waals surface area (Å²) in [4.78, 5) is 67.0. The van der Waals surface area contributed by atoms with Gasteiger partial charge in [-0.2, -0.15) is 0 Å². The van der Waals surface area contributed by atoms with Gasteiger partial charge in [0.1, 0.15) is 12.1 Å². The van der Waals surface area contributed by atoms with E-state index in [9.17, 15) is 29.4 Å². The quantitative estimate of drug-likeness (QED) is 0.0935. The van der Waals surface area contributed by atoms with Crippen LogP contribution in [0.3, 0.4) is 0 Å². The van der Waals surface area contributed by atoms with E-state index in [4.69, 9.17) is 4.74 Å². The van der Waals surface area contributed by atoms with Crippen LogP contribution in [0.1, 0.15) is 64.1 Å². The molecule has 15 nitrogen and oxygen atoms in total. The van der Waals surface area contributed by atoms with Gasteiger partial charge in [-0.05, 0) is 52.6 Å². The maximum absolute atomic E-state index is 14.6. The number of methoxy groups -OCH3 is 1. The minimum Gasteiger partial charge on any atom is -0.453 e. The topological polar surface area (TPSA) is 190 Å². The average molecular weight is 837 g/mol. The van der Waals surface area contributed by atoms with Crippen LogP contribution in [0, 0.1) is 10.8 Å². The van der Waals surface area contributed by atoms with Crippen molar-refractivity contribution in [2.24, 2.45) is 10.8 Å². The third-order valence-corrected chi connectivity index (χ3v) is 10.5. The van der Waals surface area contributed by atoms with E-state index in [-0.39, 0.29) is 38.7 Å². The molecule has 0 aliphatic carbocycles. The lowest BCUT2D eigenvalue weighted by molar-refractivity contribution is -0.133. The number of benzene rings is 2. The van der Waals surface area contributed by atoms with Crippen molar-refractivity contribution in [3.8, 4) is 11.3 Å². The number of nitrogens with one attached hydrogen (secondary N) is 3. The van der Waals surface area contributed by atoms with Gasteiger partial charge in [0.2, 0.25) is 5.91 Å². The van der Waals surface area contributed by atoms with E-state index in [2.05, 4.69) is 26.0 Å². The zero-order valence-electron chi connectivity index (χ0n) is 36.2. The smallest absolute Gasteiger partial charge is 0.407 e. The maximum atomic E-state index is 14.6. The van der Waals surface area contributed by atoms with Crippen LogP contribution >= 0.6 is 0 Å². The molecule has 4 aromatic rings. The number of aliphatic hydroxyl groups is 2. The van der Waals surface area contributed by atoms with Crippen LogP contribution in [-0.4, -0.2) is 110 Å². The molecule has 1 saturated heterocycles. The summed E-state index contributed by atoms with van der Waals surface area (Å²) < 4.78 is 4.82. The summed E-state index contributed by atoms with van der Waals surface area (Å²) in [6, 6.07) is 25.0. The molecular weight excluding hydrogens is 777 g/mol. The summed E-state index contributed by atoms with van der Waals surface area (Å²) >= 11 is 0. The molecule has 0 unspecified atom stereocenters. The number of nitrogens with zero attached hydrogens (tertiary/aromatic N) is 5. The van der Waals surface area contributed by atoms with Crippen molar-refractivity contribution in [2.75, 3.05) is 26.7 Å². The number of rotatable bonds is 17. The Bertz CT molecular complexity index is 2070. The molecule has 0 bridgehead atoms. The number of alkyl carbamates (subject to hydrolysis) is 1. The Hall–Kier alpha value is -5.90. The van der Waals surface area contributed by atoms with Crippen molar-refractivity contribution in [1.29, 1.82) is 0 Å². The van der Waals surface area contributed by atoms with Crippen molar-refractivity contribution < 1.29 is 34.1 Å². The van der Waals surface area contributed by atoms with Crippen molar-refractivity contribution in [3.05, 3.63) is 120 Å². The Morgan fingerprint density at radius 3 is 2.13 bits per heavy atom. The van der Waals surface area contributed by atoms with Crippen LogP contribution < -0.4 is 16.1 Å². The third-order valence-electron chi connectivity index (χ3n) is 10.5. The van der Waals surface area contributed by atoms with Crippen molar-refractivity contribution >= 4 is 23.9 Å². The minimum atomic E-state index is -1.24. The number of urea groups is 1. The molecule has 1 fully saturated rings. The first-order valence-electron chi connectivity index (χ1n) is 20.5. The van der Waals surface area contributed by atoms with Gasteiger partial charge in [-0.3, -0.25) is 25.0 Å².